The normalized spacial score (nSPS) is 13.8. The number of carbonyl (C=O) groups excluding carboxylic acids is 1. The highest BCUT2D eigenvalue weighted by Crippen LogP contribution is 2.20. The molecule has 0 saturated carbocycles. The predicted octanol–water partition coefficient (Wildman–Crippen LogP) is 4.16. The summed E-state index contributed by atoms with van der Waals surface area (Å²) in [5, 5.41) is 2.99. The maximum Gasteiger partial charge on any atom is 0.220 e. The van der Waals surface area contributed by atoms with Gasteiger partial charge in [0.15, 0.2) is 0 Å². The minimum absolute atomic E-state index is 0.0541. The van der Waals surface area contributed by atoms with Gasteiger partial charge in [-0.15, -0.1) is 0 Å². The van der Waals surface area contributed by atoms with E-state index in [2.05, 4.69) is 34.5 Å². The molecule has 1 heterocycles. The van der Waals surface area contributed by atoms with Gasteiger partial charge in [-0.25, -0.2) is 0 Å². The van der Waals surface area contributed by atoms with Crippen molar-refractivity contribution in [2.24, 2.45) is 0 Å². The molecule has 5 heteroatoms. The van der Waals surface area contributed by atoms with Crippen molar-refractivity contribution in [1.29, 1.82) is 0 Å². The number of methoxy groups -OCH3 is 1. The molecule has 0 radical (unpaired) electrons. The molecule has 1 aliphatic heterocycles. The molecule has 2 aromatic rings. The third-order valence-electron chi connectivity index (χ3n) is 5.02. The van der Waals surface area contributed by atoms with Crippen molar-refractivity contribution in [1.82, 2.24) is 5.32 Å². The van der Waals surface area contributed by atoms with Crippen LogP contribution in [0.1, 0.15) is 37.7 Å². The van der Waals surface area contributed by atoms with E-state index in [-0.39, 0.29) is 5.91 Å². The lowest BCUT2D eigenvalue weighted by Crippen LogP contribution is -2.29. The minimum atomic E-state index is 0.0541. The van der Waals surface area contributed by atoms with Gasteiger partial charge < -0.3 is 19.7 Å². The van der Waals surface area contributed by atoms with E-state index in [9.17, 15) is 4.79 Å². The van der Waals surface area contributed by atoms with Crippen molar-refractivity contribution >= 4 is 11.6 Å². The molecule has 0 spiro atoms. The van der Waals surface area contributed by atoms with Crippen LogP contribution < -0.4 is 19.7 Å². The van der Waals surface area contributed by atoms with Crippen LogP contribution in [0.2, 0.25) is 0 Å². The van der Waals surface area contributed by atoms with Crippen molar-refractivity contribution < 1.29 is 14.3 Å². The van der Waals surface area contributed by atoms with Crippen LogP contribution in [0.4, 0.5) is 5.69 Å². The molecule has 0 bridgehead atoms. The number of piperidine rings is 1. The summed E-state index contributed by atoms with van der Waals surface area (Å²) in [6, 6.07) is 16.0. The Kier molecular flexibility index (Phi) is 7.59. The maximum atomic E-state index is 12.0. The maximum absolute atomic E-state index is 12.0. The van der Waals surface area contributed by atoms with E-state index in [1.54, 1.807) is 7.11 Å². The van der Waals surface area contributed by atoms with Gasteiger partial charge in [-0.05, 0) is 67.6 Å². The van der Waals surface area contributed by atoms with Crippen LogP contribution in [0.15, 0.2) is 48.5 Å². The molecule has 2 aromatic carbocycles. The second kappa shape index (κ2) is 10.6. The lowest BCUT2D eigenvalue weighted by molar-refractivity contribution is -0.121. The van der Waals surface area contributed by atoms with E-state index in [0.29, 0.717) is 26.0 Å². The Morgan fingerprint density at radius 2 is 1.64 bits per heavy atom. The highest BCUT2D eigenvalue weighted by atomic mass is 16.5. The van der Waals surface area contributed by atoms with Gasteiger partial charge in [-0.2, -0.15) is 0 Å². The molecule has 0 atom stereocenters. The Morgan fingerprint density at radius 3 is 2.32 bits per heavy atom. The van der Waals surface area contributed by atoms with Crippen molar-refractivity contribution in [2.75, 3.05) is 31.7 Å². The first-order valence-corrected chi connectivity index (χ1v) is 10.1. The zero-order chi connectivity index (χ0) is 19.6. The van der Waals surface area contributed by atoms with Crippen molar-refractivity contribution in [3.63, 3.8) is 0 Å². The predicted molar refractivity (Wildman–Crippen MR) is 112 cm³/mol. The average Bonchev–Trinajstić information content (AvgIpc) is 2.76. The number of benzene rings is 2. The van der Waals surface area contributed by atoms with E-state index in [1.165, 1.54) is 24.9 Å². The molecule has 1 N–H and O–H groups in total. The van der Waals surface area contributed by atoms with Gasteiger partial charge in [0, 0.05) is 31.7 Å². The van der Waals surface area contributed by atoms with Gasteiger partial charge in [0.05, 0.1) is 13.7 Å². The number of amides is 1. The lowest BCUT2D eigenvalue weighted by Gasteiger charge is -2.28. The number of nitrogens with zero attached hydrogens (tertiary/aromatic N) is 1. The number of ether oxygens (including phenoxy) is 2. The van der Waals surface area contributed by atoms with Crippen LogP contribution in [0.5, 0.6) is 11.5 Å². The summed E-state index contributed by atoms with van der Waals surface area (Å²) in [5.41, 5.74) is 2.41. The number of nitrogens with one attached hydrogen (secondary N) is 1. The van der Waals surface area contributed by atoms with Crippen LogP contribution in [0.25, 0.3) is 0 Å². The van der Waals surface area contributed by atoms with E-state index in [4.69, 9.17) is 9.47 Å². The largest absolute Gasteiger partial charge is 0.497 e. The van der Waals surface area contributed by atoms with E-state index in [0.717, 1.165) is 30.2 Å². The second-order valence-corrected chi connectivity index (χ2v) is 7.12. The van der Waals surface area contributed by atoms with Crippen LogP contribution in [0, 0.1) is 0 Å². The molecule has 0 aliphatic carbocycles. The zero-order valence-electron chi connectivity index (χ0n) is 16.7. The summed E-state index contributed by atoms with van der Waals surface area (Å²) < 4.78 is 10.8. The van der Waals surface area contributed by atoms with Gasteiger partial charge in [0.2, 0.25) is 5.91 Å². The molecular formula is C23H30N2O3. The molecule has 5 nitrogen and oxygen atoms in total. The SMILES string of the molecule is COc1ccc(OCCCC(=O)NCc2ccc(N3CCCCC3)cc2)cc1. The van der Waals surface area contributed by atoms with E-state index in [1.807, 2.05) is 24.3 Å². The van der Waals surface area contributed by atoms with E-state index >= 15 is 0 Å². The molecule has 150 valence electrons. The fraction of sp³-hybridized carbons (Fsp3) is 0.435. The number of hydrogen-bond acceptors (Lipinski definition) is 4. The van der Waals surface area contributed by atoms with Gasteiger partial charge >= 0.3 is 0 Å². The number of rotatable bonds is 9. The van der Waals surface area contributed by atoms with Crippen molar-refractivity contribution in [3.8, 4) is 11.5 Å². The van der Waals surface area contributed by atoms with Crippen LogP contribution in [-0.2, 0) is 11.3 Å². The number of hydrogen-bond donors (Lipinski definition) is 1. The first-order chi connectivity index (χ1) is 13.7. The molecule has 1 saturated heterocycles. The average molecular weight is 383 g/mol. The Morgan fingerprint density at radius 1 is 0.964 bits per heavy atom. The highest BCUT2D eigenvalue weighted by Gasteiger charge is 2.10. The Hall–Kier alpha value is -2.69. The zero-order valence-corrected chi connectivity index (χ0v) is 16.7. The summed E-state index contributed by atoms with van der Waals surface area (Å²) in [7, 11) is 1.64. The summed E-state index contributed by atoms with van der Waals surface area (Å²) in [6.07, 6.45) is 5.04. The van der Waals surface area contributed by atoms with Crippen LogP contribution in [-0.4, -0.2) is 32.7 Å². The summed E-state index contributed by atoms with van der Waals surface area (Å²) in [6.45, 7) is 3.38. The Labute approximate surface area is 167 Å². The summed E-state index contributed by atoms with van der Waals surface area (Å²) >= 11 is 0. The summed E-state index contributed by atoms with van der Waals surface area (Å²) in [4.78, 5) is 14.5. The fourth-order valence-corrected chi connectivity index (χ4v) is 3.36. The molecule has 1 fully saturated rings. The van der Waals surface area contributed by atoms with E-state index < -0.39 is 0 Å². The highest BCUT2D eigenvalue weighted by molar-refractivity contribution is 5.75. The number of anilines is 1. The smallest absolute Gasteiger partial charge is 0.220 e. The number of carbonyl (C=O) groups is 1. The van der Waals surface area contributed by atoms with Gasteiger partial charge in [0.1, 0.15) is 11.5 Å². The van der Waals surface area contributed by atoms with Crippen molar-refractivity contribution in [3.05, 3.63) is 54.1 Å². The first-order valence-electron chi connectivity index (χ1n) is 10.1. The topological polar surface area (TPSA) is 50.8 Å². The molecule has 1 aliphatic rings. The third kappa shape index (κ3) is 6.19. The molecule has 28 heavy (non-hydrogen) atoms. The van der Waals surface area contributed by atoms with Gasteiger partial charge in [-0.3, -0.25) is 4.79 Å². The fourth-order valence-electron chi connectivity index (χ4n) is 3.36. The lowest BCUT2D eigenvalue weighted by atomic mass is 10.1. The van der Waals surface area contributed by atoms with Crippen LogP contribution in [0.3, 0.4) is 0 Å². The minimum Gasteiger partial charge on any atom is -0.497 e. The van der Waals surface area contributed by atoms with Crippen LogP contribution >= 0.6 is 0 Å². The quantitative estimate of drug-likeness (QED) is 0.662. The monoisotopic (exact) mass is 382 g/mol. The van der Waals surface area contributed by atoms with Gasteiger partial charge in [0.25, 0.3) is 0 Å². The molecular weight excluding hydrogens is 352 g/mol. The standard InChI is InChI=1S/C23H30N2O3/c1-27-21-11-13-22(14-12-21)28-17-5-6-23(26)24-18-19-7-9-20(10-8-19)25-15-3-2-4-16-25/h7-14H,2-6,15-18H2,1H3,(H,24,26). The molecule has 0 aromatic heterocycles. The molecule has 0 unspecified atom stereocenters. The molecule has 1 amide bonds. The third-order valence-corrected chi connectivity index (χ3v) is 5.02. The van der Waals surface area contributed by atoms with Crippen molar-refractivity contribution in [2.45, 2.75) is 38.6 Å². The summed E-state index contributed by atoms with van der Waals surface area (Å²) in [5.74, 6) is 1.64. The molecule has 3 rings (SSSR count). The Bertz CT molecular complexity index is 723. The first kappa shape index (κ1) is 20.1. The Balaban J connectivity index is 1.32. The second-order valence-electron chi connectivity index (χ2n) is 7.12. The van der Waals surface area contributed by atoms with Gasteiger partial charge in [-0.1, -0.05) is 12.1 Å².